The first-order valence-corrected chi connectivity index (χ1v) is 9.62. The van der Waals surface area contributed by atoms with Crippen molar-refractivity contribution in [3.05, 3.63) is 35.3 Å². The van der Waals surface area contributed by atoms with Crippen LogP contribution in [0.3, 0.4) is 0 Å². The van der Waals surface area contributed by atoms with Gasteiger partial charge in [-0.3, -0.25) is 15.0 Å². The minimum Gasteiger partial charge on any atom is -0.491 e. The van der Waals surface area contributed by atoms with Gasteiger partial charge in [-0.25, -0.2) is 0 Å². The Hall–Kier alpha value is -2.07. The highest BCUT2D eigenvalue weighted by molar-refractivity contribution is 7.15. The molecule has 0 bridgehead atoms. The first-order chi connectivity index (χ1) is 13.1. The number of likely N-dealkylation sites (tertiary alicyclic amines) is 1. The van der Waals surface area contributed by atoms with E-state index < -0.39 is 5.60 Å². The maximum Gasteiger partial charge on any atom is 0.240 e. The molecule has 1 aliphatic heterocycles. The maximum absolute atomic E-state index is 12.2. The second-order valence-electron chi connectivity index (χ2n) is 6.58. The predicted octanol–water partition coefficient (Wildman–Crippen LogP) is 1.53. The Bertz CT molecular complexity index is 732. The van der Waals surface area contributed by atoms with E-state index in [9.17, 15) is 9.90 Å². The predicted molar refractivity (Wildman–Crippen MR) is 102 cm³/mol. The molecule has 0 atom stereocenters. The van der Waals surface area contributed by atoms with Crippen molar-refractivity contribution < 1.29 is 19.4 Å². The molecule has 9 heteroatoms. The molecule has 0 saturated carbocycles. The molecule has 0 spiro atoms. The van der Waals surface area contributed by atoms with Crippen LogP contribution in [0.2, 0.25) is 0 Å². The summed E-state index contributed by atoms with van der Waals surface area (Å²) in [6, 6.07) is 9.46. The minimum absolute atomic E-state index is 0.138. The highest BCUT2D eigenvalue weighted by Gasteiger charge is 2.33. The molecule has 0 radical (unpaired) electrons. The largest absolute Gasteiger partial charge is 0.491 e. The molecule has 2 N–H and O–H groups in total. The summed E-state index contributed by atoms with van der Waals surface area (Å²) in [6.07, 6.45) is 1.12. The Morgan fingerprint density at radius 2 is 2.04 bits per heavy atom. The third-order valence-electron chi connectivity index (χ3n) is 4.39. The van der Waals surface area contributed by atoms with Crippen molar-refractivity contribution in [2.75, 3.05) is 38.7 Å². The van der Waals surface area contributed by atoms with Gasteiger partial charge in [0.05, 0.1) is 6.54 Å². The number of amides is 1. The number of rotatable bonds is 8. The molecule has 146 valence electrons. The monoisotopic (exact) mass is 392 g/mol. The van der Waals surface area contributed by atoms with Crippen molar-refractivity contribution in [2.45, 2.75) is 25.0 Å². The molecular formula is C18H24N4O4S. The van der Waals surface area contributed by atoms with Crippen LogP contribution in [0.25, 0.3) is 0 Å². The van der Waals surface area contributed by atoms with Crippen molar-refractivity contribution in [3.63, 3.8) is 0 Å². The highest BCUT2D eigenvalue weighted by atomic mass is 32.1. The lowest BCUT2D eigenvalue weighted by molar-refractivity contribution is -0.119. The molecule has 1 saturated heterocycles. The van der Waals surface area contributed by atoms with Crippen LogP contribution in [0.4, 0.5) is 5.13 Å². The standard InChI is InChI=1S/C18H24N4O4S/c1-25-12-16-20-21-17(27-16)19-15(23)11-22-9-7-18(24,8-10-22)13-26-14-5-3-2-4-6-14/h2-6,24H,7-13H2,1H3,(H,19,21,23). The summed E-state index contributed by atoms with van der Waals surface area (Å²) in [7, 11) is 1.59. The number of anilines is 1. The summed E-state index contributed by atoms with van der Waals surface area (Å²) in [6.45, 7) is 2.16. The quantitative estimate of drug-likeness (QED) is 0.703. The second kappa shape index (κ2) is 9.23. The number of hydrogen-bond donors (Lipinski definition) is 2. The average Bonchev–Trinajstić information content (AvgIpc) is 3.10. The Balaban J connectivity index is 1.41. The van der Waals surface area contributed by atoms with Crippen LogP contribution in [-0.2, 0) is 16.1 Å². The number of aliphatic hydroxyl groups is 1. The van der Waals surface area contributed by atoms with E-state index in [1.807, 2.05) is 35.2 Å². The van der Waals surface area contributed by atoms with Gasteiger partial charge in [-0.15, -0.1) is 10.2 Å². The van der Waals surface area contributed by atoms with E-state index in [4.69, 9.17) is 9.47 Å². The average molecular weight is 392 g/mol. The lowest BCUT2D eigenvalue weighted by atomic mass is 9.92. The van der Waals surface area contributed by atoms with Gasteiger partial charge in [0, 0.05) is 20.2 Å². The summed E-state index contributed by atoms with van der Waals surface area (Å²) in [5.41, 5.74) is -0.864. The van der Waals surface area contributed by atoms with E-state index in [0.29, 0.717) is 42.7 Å². The second-order valence-corrected chi connectivity index (χ2v) is 7.65. The van der Waals surface area contributed by atoms with Gasteiger partial charge in [-0.2, -0.15) is 0 Å². The van der Waals surface area contributed by atoms with E-state index in [1.165, 1.54) is 11.3 Å². The van der Waals surface area contributed by atoms with Gasteiger partial charge in [-0.05, 0) is 25.0 Å². The van der Waals surface area contributed by atoms with Crippen LogP contribution in [0.1, 0.15) is 17.8 Å². The fourth-order valence-electron chi connectivity index (χ4n) is 2.85. The molecule has 8 nitrogen and oxygen atoms in total. The number of nitrogens with zero attached hydrogens (tertiary/aromatic N) is 3. The number of carbonyl (C=O) groups is 1. The molecule has 2 heterocycles. The zero-order valence-electron chi connectivity index (χ0n) is 15.3. The first kappa shape index (κ1) is 19.7. The topological polar surface area (TPSA) is 96.8 Å². The molecule has 0 unspecified atom stereocenters. The fraction of sp³-hybridized carbons (Fsp3) is 0.500. The summed E-state index contributed by atoms with van der Waals surface area (Å²) in [4.78, 5) is 14.2. The van der Waals surface area contributed by atoms with Gasteiger partial charge in [0.25, 0.3) is 0 Å². The van der Waals surface area contributed by atoms with Gasteiger partial charge < -0.3 is 14.6 Å². The van der Waals surface area contributed by atoms with E-state index in [-0.39, 0.29) is 19.1 Å². The number of ether oxygens (including phenoxy) is 2. The van der Waals surface area contributed by atoms with Crippen LogP contribution in [0.15, 0.2) is 30.3 Å². The molecule has 1 amide bonds. The molecule has 1 aliphatic rings. The minimum atomic E-state index is -0.864. The molecule has 0 aliphatic carbocycles. The number of benzene rings is 1. The van der Waals surface area contributed by atoms with Gasteiger partial charge in [0.2, 0.25) is 11.0 Å². The van der Waals surface area contributed by atoms with Crippen molar-refractivity contribution in [1.29, 1.82) is 0 Å². The molecule has 27 heavy (non-hydrogen) atoms. The number of para-hydroxylation sites is 1. The lowest BCUT2D eigenvalue weighted by Crippen LogP contribution is -2.49. The smallest absolute Gasteiger partial charge is 0.240 e. The summed E-state index contributed by atoms with van der Waals surface area (Å²) >= 11 is 1.30. The third kappa shape index (κ3) is 5.96. The normalized spacial score (nSPS) is 16.8. The maximum atomic E-state index is 12.2. The van der Waals surface area contributed by atoms with E-state index in [1.54, 1.807) is 7.11 Å². The molecule has 3 rings (SSSR count). The van der Waals surface area contributed by atoms with Crippen molar-refractivity contribution in [3.8, 4) is 5.75 Å². The first-order valence-electron chi connectivity index (χ1n) is 8.80. The fourth-order valence-corrected chi connectivity index (χ4v) is 3.58. The molecule has 2 aromatic rings. The van der Waals surface area contributed by atoms with Gasteiger partial charge in [0.1, 0.15) is 29.6 Å². The molecule has 1 aromatic heterocycles. The number of carbonyl (C=O) groups excluding carboxylic acids is 1. The molecular weight excluding hydrogens is 368 g/mol. The van der Waals surface area contributed by atoms with Crippen LogP contribution in [-0.4, -0.2) is 65.1 Å². The van der Waals surface area contributed by atoms with Gasteiger partial charge in [-0.1, -0.05) is 29.5 Å². The Kier molecular flexibility index (Phi) is 6.73. The Morgan fingerprint density at radius 3 is 2.74 bits per heavy atom. The zero-order chi connectivity index (χ0) is 19.1. The van der Waals surface area contributed by atoms with Crippen LogP contribution in [0, 0.1) is 0 Å². The summed E-state index contributed by atoms with van der Waals surface area (Å²) in [5.74, 6) is 0.610. The van der Waals surface area contributed by atoms with E-state index in [0.717, 1.165) is 5.75 Å². The Morgan fingerprint density at radius 1 is 1.30 bits per heavy atom. The van der Waals surface area contributed by atoms with Crippen molar-refractivity contribution in [1.82, 2.24) is 15.1 Å². The van der Waals surface area contributed by atoms with E-state index >= 15 is 0 Å². The van der Waals surface area contributed by atoms with Crippen molar-refractivity contribution >= 4 is 22.4 Å². The summed E-state index contributed by atoms with van der Waals surface area (Å²) in [5, 5.41) is 22.5. The third-order valence-corrected chi connectivity index (χ3v) is 5.20. The van der Waals surface area contributed by atoms with Crippen LogP contribution >= 0.6 is 11.3 Å². The highest BCUT2D eigenvalue weighted by Crippen LogP contribution is 2.24. The van der Waals surface area contributed by atoms with E-state index in [2.05, 4.69) is 15.5 Å². The number of nitrogens with one attached hydrogen (secondary N) is 1. The zero-order valence-corrected chi connectivity index (χ0v) is 16.1. The Labute approximate surface area is 162 Å². The van der Waals surface area contributed by atoms with Gasteiger partial charge in [0.15, 0.2) is 0 Å². The number of aromatic nitrogens is 2. The number of hydrogen-bond acceptors (Lipinski definition) is 8. The SMILES string of the molecule is COCc1nnc(NC(=O)CN2CCC(O)(COc3ccccc3)CC2)s1. The molecule has 1 fully saturated rings. The van der Waals surface area contributed by atoms with Crippen LogP contribution < -0.4 is 10.1 Å². The van der Waals surface area contributed by atoms with Crippen LogP contribution in [0.5, 0.6) is 5.75 Å². The lowest BCUT2D eigenvalue weighted by Gasteiger charge is -2.37. The number of piperidine rings is 1. The van der Waals surface area contributed by atoms with Crippen molar-refractivity contribution in [2.24, 2.45) is 0 Å². The number of methoxy groups -OCH3 is 1. The summed E-state index contributed by atoms with van der Waals surface area (Å²) < 4.78 is 10.7. The van der Waals surface area contributed by atoms with Gasteiger partial charge >= 0.3 is 0 Å². The molecule has 1 aromatic carbocycles.